The zero-order valence-electron chi connectivity index (χ0n) is 8.43. The fourth-order valence-corrected chi connectivity index (χ4v) is 0.915. The molecule has 0 rings (SSSR count). The number of hydrogen-bond donors (Lipinski definition) is 2. The Kier molecular flexibility index (Phi) is 4.80. The lowest BCUT2D eigenvalue weighted by molar-refractivity contribution is -0.164. The highest BCUT2D eigenvalue weighted by Gasteiger charge is 2.38. The monoisotopic (exact) mass is 227 g/mol. The number of carbonyl (C=O) groups is 1. The largest absolute Gasteiger partial charge is 0.477 e. The van der Waals surface area contributed by atoms with Crippen molar-refractivity contribution in [1.29, 1.82) is 0 Å². The van der Waals surface area contributed by atoms with E-state index in [1.54, 1.807) is 0 Å². The molecule has 0 aliphatic rings. The molecule has 0 saturated heterocycles. The van der Waals surface area contributed by atoms with E-state index in [-0.39, 0.29) is 4.75 Å². The summed E-state index contributed by atoms with van der Waals surface area (Å²) in [6.07, 6.45) is 1.87. The molecule has 0 aromatic heterocycles. The molecule has 3 nitrogen and oxygen atoms in total. The van der Waals surface area contributed by atoms with Crippen molar-refractivity contribution in [3.05, 3.63) is 0 Å². The third-order valence-corrected chi connectivity index (χ3v) is 3.01. The third-order valence-electron chi connectivity index (χ3n) is 1.76. The predicted octanol–water partition coefficient (Wildman–Crippen LogP) is 1.44. The number of carboxylic acids is 1. The van der Waals surface area contributed by atoms with E-state index < -0.39 is 18.4 Å². The highest BCUT2D eigenvalue weighted by molar-refractivity contribution is 7.99. The number of halogens is 2. The number of thioether (sulfide) groups is 1. The van der Waals surface area contributed by atoms with Crippen molar-refractivity contribution in [3.8, 4) is 0 Å². The standard InChI is InChI=1S/C8H15F2NO2S/c1-7(2,14-3)4-11-5-8(9,10)6(12)13/h11H,4-5H2,1-3H3,(H,12,13). The Morgan fingerprint density at radius 2 is 1.93 bits per heavy atom. The lowest BCUT2D eigenvalue weighted by Gasteiger charge is -2.23. The molecule has 0 bridgehead atoms. The number of alkyl halides is 2. The Balaban J connectivity index is 3.91. The second-order valence-corrected chi connectivity index (χ2v) is 5.09. The number of rotatable bonds is 6. The van der Waals surface area contributed by atoms with Gasteiger partial charge in [-0.25, -0.2) is 4.79 Å². The molecule has 84 valence electrons. The van der Waals surface area contributed by atoms with Gasteiger partial charge in [0.05, 0.1) is 6.54 Å². The van der Waals surface area contributed by atoms with E-state index in [9.17, 15) is 13.6 Å². The maximum atomic E-state index is 12.6. The van der Waals surface area contributed by atoms with Crippen molar-refractivity contribution in [1.82, 2.24) is 5.32 Å². The Labute approximate surface area is 86.3 Å². The van der Waals surface area contributed by atoms with Gasteiger partial charge in [0, 0.05) is 11.3 Å². The number of carboxylic acid groups (broad SMARTS) is 1. The van der Waals surface area contributed by atoms with Crippen LogP contribution in [0.5, 0.6) is 0 Å². The van der Waals surface area contributed by atoms with E-state index in [0.717, 1.165) is 0 Å². The molecule has 0 spiro atoms. The molecule has 0 heterocycles. The van der Waals surface area contributed by atoms with Gasteiger partial charge >= 0.3 is 11.9 Å². The maximum absolute atomic E-state index is 12.6. The first-order chi connectivity index (χ1) is 6.21. The summed E-state index contributed by atoms with van der Waals surface area (Å²) < 4.78 is 24.9. The molecule has 0 aliphatic carbocycles. The summed E-state index contributed by atoms with van der Waals surface area (Å²) >= 11 is 1.53. The zero-order chi connectivity index (χ0) is 11.4. The fraction of sp³-hybridized carbons (Fsp3) is 0.875. The Morgan fingerprint density at radius 3 is 2.29 bits per heavy atom. The van der Waals surface area contributed by atoms with Crippen LogP contribution in [0.4, 0.5) is 8.78 Å². The minimum atomic E-state index is -3.69. The molecule has 14 heavy (non-hydrogen) atoms. The Morgan fingerprint density at radius 1 is 1.43 bits per heavy atom. The first-order valence-electron chi connectivity index (χ1n) is 4.08. The normalized spacial score (nSPS) is 12.9. The zero-order valence-corrected chi connectivity index (χ0v) is 9.25. The summed E-state index contributed by atoms with van der Waals surface area (Å²) in [6, 6.07) is 0. The van der Waals surface area contributed by atoms with Gasteiger partial charge in [-0.2, -0.15) is 20.5 Å². The summed E-state index contributed by atoms with van der Waals surface area (Å²) in [6.45, 7) is 3.30. The van der Waals surface area contributed by atoms with Crippen molar-refractivity contribution in [3.63, 3.8) is 0 Å². The molecule has 6 heteroatoms. The molecule has 0 unspecified atom stereocenters. The van der Waals surface area contributed by atoms with Crippen LogP contribution in [-0.2, 0) is 4.79 Å². The van der Waals surface area contributed by atoms with E-state index in [0.29, 0.717) is 6.54 Å². The average Bonchev–Trinajstić information content (AvgIpc) is 2.03. The van der Waals surface area contributed by atoms with Crippen molar-refractivity contribution >= 4 is 17.7 Å². The minimum absolute atomic E-state index is 0.172. The summed E-state index contributed by atoms with van der Waals surface area (Å²) in [5.41, 5.74) is 0. The molecule has 0 aromatic rings. The second kappa shape index (κ2) is 4.93. The molecule has 2 N–H and O–H groups in total. The summed E-state index contributed by atoms with van der Waals surface area (Å²) in [7, 11) is 0. The SMILES string of the molecule is CSC(C)(C)CNCC(F)(F)C(=O)O. The number of hydrogen-bond acceptors (Lipinski definition) is 3. The molecule has 0 aromatic carbocycles. The van der Waals surface area contributed by atoms with Crippen LogP contribution in [0.15, 0.2) is 0 Å². The van der Waals surface area contributed by atoms with Gasteiger partial charge in [0.15, 0.2) is 0 Å². The van der Waals surface area contributed by atoms with Crippen LogP contribution in [0.25, 0.3) is 0 Å². The highest BCUT2D eigenvalue weighted by Crippen LogP contribution is 2.20. The quantitative estimate of drug-likeness (QED) is 0.721. The van der Waals surface area contributed by atoms with E-state index >= 15 is 0 Å². The van der Waals surface area contributed by atoms with Gasteiger partial charge in [-0.05, 0) is 20.1 Å². The number of aliphatic carboxylic acids is 1. The lowest BCUT2D eigenvalue weighted by Crippen LogP contribution is -2.43. The smallest absolute Gasteiger partial charge is 0.375 e. The van der Waals surface area contributed by atoms with Gasteiger partial charge in [-0.3, -0.25) is 0 Å². The van der Waals surface area contributed by atoms with Crippen molar-refractivity contribution in [2.45, 2.75) is 24.5 Å². The first-order valence-corrected chi connectivity index (χ1v) is 5.31. The van der Waals surface area contributed by atoms with Gasteiger partial charge < -0.3 is 10.4 Å². The molecule has 0 saturated carbocycles. The van der Waals surface area contributed by atoms with Crippen LogP contribution in [-0.4, -0.2) is 41.1 Å². The highest BCUT2D eigenvalue weighted by atomic mass is 32.2. The van der Waals surface area contributed by atoms with Crippen molar-refractivity contribution in [2.75, 3.05) is 19.3 Å². The fourth-order valence-electron chi connectivity index (χ4n) is 0.668. The maximum Gasteiger partial charge on any atom is 0.375 e. The van der Waals surface area contributed by atoms with Crippen molar-refractivity contribution in [2.24, 2.45) is 0 Å². The Bertz CT molecular complexity index is 210. The van der Waals surface area contributed by atoms with Crippen LogP contribution in [0.3, 0.4) is 0 Å². The van der Waals surface area contributed by atoms with E-state index in [1.165, 1.54) is 11.8 Å². The van der Waals surface area contributed by atoms with Crippen LogP contribution >= 0.6 is 11.8 Å². The van der Waals surface area contributed by atoms with Gasteiger partial charge in [-0.1, -0.05) is 0 Å². The minimum Gasteiger partial charge on any atom is -0.477 e. The van der Waals surface area contributed by atoms with Crippen LogP contribution in [0, 0.1) is 0 Å². The average molecular weight is 227 g/mol. The molecule has 0 atom stereocenters. The molecule has 0 radical (unpaired) electrons. The van der Waals surface area contributed by atoms with Gasteiger partial charge in [0.1, 0.15) is 0 Å². The van der Waals surface area contributed by atoms with Crippen molar-refractivity contribution < 1.29 is 18.7 Å². The van der Waals surface area contributed by atoms with Crippen LogP contribution in [0.2, 0.25) is 0 Å². The van der Waals surface area contributed by atoms with E-state index in [2.05, 4.69) is 5.32 Å². The molecule has 0 fully saturated rings. The molecule has 0 aliphatic heterocycles. The second-order valence-electron chi connectivity index (χ2n) is 3.58. The molecular weight excluding hydrogens is 212 g/mol. The first kappa shape index (κ1) is 13.6. The molecule has 0 amide bonds. The van der Waals surface area contributed by atoms with Gasteiger partial charge in [-0.15, -0.1) is 0 Å². The van der Waals surface area contributed by atoms with E-state index in [1.807, 2.05) is 20.1 Å². The Hall–Kier alpha value is -0.360. The van der Waals surface area contributed by atoms with Gasteiger partial charge in [0.2, 0.25) is 0 Å². The van der Waals surface area contributed by atoms with Gasteiger partial charge in [0.25, 0.3) is 0 Å². The topological polar surface area (TPSA) is 49.3 Å². The summed E-state index contributed by atoms with van der Waals surface area (Å²) in [5, 5.41) is 10.6. The molecular formula is C8H15F2NO2S. The third kappa shape index (κ3) is 4.76. The predicted molar refractivity (Wildman–Crippen MR) is 53.0 cm³/mol. The number of nitrogens with one attached hydrogen (secondary N) is 1. The lowest BCUT2D eigenvalue weighted by atomic mass is 10.2. The summed E-state index contributed by atoms with van der Waals surface area (Å²) in [5.74, 6) is -5.78. The van der Waals surface area contributed by atoms with Crippen LogP contribution < -0.4 is 5.32 Å². The van der Waals surface area contributed by atoms with E-state index in [4.69, 9.17) is 5.11 Å². The van der Waals surface area contributed by atoms with Crippen LogP contribution in [0.1, 0.15) is 13.8 Å². The summed E-state index contributed by atoms with van der Waals surface area (Å²) in [4.78, 5) is 10.1.